The fraction of sp³-hybridized carbons (Fsp3) is 0.429. The minimum atomic E-state index is -0.0410. The highest BCUT2D eigenvalue weighted by Crippen LogP contribution is 2.08. The molecular formula is C14H19N3O. The Kier molecular flexibility index (Phi) is 4.47. The quantitative estimate of drug-likeness (QED) is 0.789. The average molecular weight is 245 g/mol. The van der Waals surface area contributed by atoms with E-state index in [4.69, 9.17) is 0 Å². The second kappa shape index (κ2) is 6.31. The van der Waals surface area contributed by atoms with Gasteiger partial charge in [0.1, 0.15) is 0 Å². The minimum Gasteiger partial charge on any atom is -0.352 e. The maximum absolute atomic E-state index is 11.9. The monoisotopic (exact) mass is 245 g/mol. The summed E-state index contributed by atoms with van der Waals surface area (Å²) in [6, 6.07) is 1.85. The zero-order chi connectivity index (χ0) is 12.8. The van der Waals surface area contributed by atoms with E-state index >= 15 is 0 Å². The number of amides is 1. The van der Waals surface area contributed by atoms with Crippen LogP contribution in [0.15, 0.2) is 30.1 Å². The van der Waals surface area contributed by atoms with E-state index in [0.717, 1.165) is 31.5 Å². The molecule has 0 saturated carbocycles. The van der Waals surface area contributed by atoms with Gasteiger partial charge < -0.3 is 10.6 Å². The summed E-state index contributed by atoms with van der Waals surface area (Å²) in [5, 5.41) is 6.21. The summed E-state index contributed by atoms with van der Waals surface area (Å²) in [6.07, 6.45) is 7.58. The van der Waals surface area contributed by atoms with E-state index in [1.54, 1.807) is 12.4 Å². The van der Waals surface area contributed by atoms with E-state index in [1.165, 1.54) is 5.57 Å². The molecule has 1 aromatic heterocycles. The van der Waals surface area contributed by atoms with Crippen LogP contribution in [-0.4, -0.2) is 30.5 Å². The third-order valence-electron chi connectivity index (χ3n) is 3.03. The van der Waals surface area contributed by atoms with Crippen LogP contribution in [0, 0.1) is 6.92 Å². The van der Waals surface area contributed by atoms with Gasteiger partial charge in [-0.3, -0.25) is 9.78 Å². The Morgan fingerprint density at radius 2 is 2.39 bits per heavy atom. The van der Waals surface area contributed by atoms with Crippen LogP contribution in [0.5, 0.6) is 0 Å². The van der Waals surface area contributed by atoms with Crippen molar-refractivity contribution >= 4 is 5.91 Å². The number of nitrogens with one attached hydrogen (secondary N) is 2. The van der Waals surface area contributed by atoms with E-state index in [2.05, 4.69) is 21.7 Å². The highest BCUT2D eigenvalue weighted by molar-refractivity contribution is 5.93. The van der Waals surface area contributed by atoms with Crippen molar-refractivity contribution in [3.05, 3.63) is 41.2 Å². The number of carbonyl (C=O) groups is 1. The Labute approximate surface area is 108 Å². The molecule has 0 aromatic carbocycles. The lowest BCUT2D eigenvalue weighted by atomic mass is 10.1. The average Bonchev–Trinajstić information content (AvgIpc) is 2.40. The zero-order valence-corrected chi connectivity index (χ0v) is 10.7. The first-order chi connectivity index (χ1) is 8.75. The van der Waals surface area contributed by atoms with Gasteiger partial charge in [-0.25, -0.2) is 0 Å². The fourth-order valence-corrected chi connectivity index (χ4v) is 2.01. The predicted molar refractivity (Wildman–Crippen MR) is 71.5 cm³/mol. The molecule has 1 aliphatic heterocycles. The summed E-state index contributed by atoms with van der Waals surface area (Å²) in [5.74, 6) is -0.0410. The highest BCUT2D eigenvalue weighted by atomic mass is 16.1. The van der Waals surface area contributed by atoms with E-state index in [1.807, 2.05) is 13.0 Å². The molecule has 2 heterocycles. The molecule has 0 bridgehead atoms. The number of hydrogen-bond donors (Lipinski definition) is 2. The summed E-state index contributed by atoms with van der Waals surface area (Å²) in [6.45, 7) is 4.62. The smallest absolute Gasteiger partial charge is 0.252 e. The van der Waals surface area contributed by atoms with Crippen molar-refractivity contribution in [3.8, 4) is 0 Å². The second-order valence-electron chi connectivity index (χ2n) is 4.57. The molecule has 0 aliphatic carbocycles. The van der Waals surface area contributed by atoms with Crippen molar-refractivity contribution in [3.63, 3.8) is 0 Å². The van der Waals surface area contributed by atoms with E-state index in [-0.39, 0.29) is 5.91 Å². The number of hydrogen-bond acceptors (Lipinski definition) is 3. The molecule has 0 radical (unpaired) electrons. The predicted octanol–water partition coefficient (Wildman–Crippen LogP) is 1.43. The molecule has 0 saturated heterocycles. The molecule has 1 amide bonds. The first kappa shape index (κ1) is 12.8. The van der Waals surface area contributed by atoms with Crippen LogP contribution in [-0.2, 0) is 0 Å². The van der Waals surface area contributed by atoms with Crippen molar-refractivity contribution in [2.45, 2.75) is 19.8 Å². The van der Waals surface area contributed by atoms with Crippen molar-refractivity contribution < 1.29 is 4.79 Å². The molecule has 0 atom stereocenters. The Hall–Kier alpha value is -1.68. The van der Waals surface area contributed by atoms with E-state index in [0.29, 0.717) is 12.1 Å². The number of carbonyl (C=O) groups excluding carboxylic acids is 1. The van der Waals surface area contributed by atoms with Crippen LogP contribution in [0.3, 0.4) is 0 Å². The van der Waals surface area contributed by atoms with Gasteiger partial charge >= 0.3 is 0 Å². The van der Waals surface area contributed by atoms with Crippen LogP contribution in [0.1, 0.15) is 28.8 Å². The third-order valence-corrected chi connectivity index (χ3v) is 3.03. The number of rotatable bonds is 4. The summed E-state index contributed by atoms with van der Waals surface area (Å²) in [7, 11) is 0. The van der Waals surface area contributed by atoms with E-state index < -0.39 is 0 Å². The van der Waals surface area contributed by atoms with Crippen molar-refractivity contribution in [1.29, 1.82) is 0 Å². The molecule has 0 spiro atoms. The highest BCUT2D eigenvalue weighted by Gasteiger charge is 2.07. The van der Waals surface area contributed by atoms with Crippen LogP contribution < -0.4 is 10.6 Å². The summed E-state index contributed by atoms with van der Waals surface area (Å²) in [5.41, 5.74) is 3.06. The lowest BCUT2D eigenvalue weighted by Crippen LogP contribution is -2.26. The van der Waals surface area contributed by atoms with Crippen molar-refractivity contribution in [2.75, 3.05) is 19.6 Å². The first-order valence-electron chi connectivity index (χ1n) is 6.34. The molecule has 2 N–H and O–H groups in total. The van der Waals surface area contributed by atoms with Gasteiger partial charge in [-0.05, 0) is 37.9 Å². The van der Waals surface area contributed by atoms with Gasteiger partial charge in [0, 0.05) is 25.5 Å². The number of pyridine rings is 1. The Morgan fingerprint density at radius 1 is 1.50 bits per heavy atom. The van der Waals surface area contributed by atoms with Crippen LogP contribution in [0.25, 0.3) is 0 Å². The molecule has 4 heteroatoms. The molecule has 18 heavy (non-hydrogen) atoms. The van der Waals surface area contributed by atoms with Gasteiger partial charge in [-0.2, -0.15) is 0 Å². The maximum atomic E-state index is 11.9. The van der Waals surface area contributed by atoms with Crippen LogP contribution in [0.2, 0.25) is 0 Å². The molecule has 1 aromatic rings. The van der Waals surface area contributed by atoms with Crippen LogP contribution in [0.4, 0.5) is 0 Å². The largest absolute Gasteiger partial charge is 0.352 e. The lowest BCUT2D eigenvalue weighted by Gasteiger charge is -2.14. The van der Waals surface area contributed by atoms with E-state index in [9.17, 15) is 4.79 Å². The summed E-state index contributed by atoms with van der Waals surface area (Å²) < 4.78 is 0. The fourth-order valence-electron chi connectivity index (χ4n) is 2.01. The molecule has 0 unspecified atom stereocenters. The van der Waals surface area contributed by atoms with Crippen LogP contribution >= 0.6 is 0 Å². The SMILES string of the molecule is Cc1cncc(C(=O)NCCC2=CCNCC2)c1. The van der Waals surface area contributed by atoms with Gasteiger partial charge in [0.25, 0.3) is 5.91 Å². The van der Waals surface area contributed by atoms with Gasteiger partial charge in [0.2, 0.25) is 0 Å². The van der Waals surface area contributed by atoms with Gasteiger partial charge in [-0.1, -0.05) is 11.6 Å². The molecule has 1 aliphatic rings. The number of nitrogens with zero attached hydrogens (tertiary/aromatic N) is 1. The van der Waals surface area contributed by atoms with Gasteiger partial charge in [0.05, 0.1) is 5.56 Å². The topological polar surface area (TPSA) is 54.0 Å². The third kappa shape index (κ3) is 3.67. The van der Waals surface area contributed by atoms with Gasteiger partial charge in [0.15, 0.2) is 0 Å². The molecular weight excluding hydrogens is 226 g/mol. The molecule has 0 fully saturated rings. The molecule has 2 rings (SSSR count). The standard InChI is InChI=1S/C14H19N3O/c1-11-8-13(10-16-9-11)14(18)17-7-4-12-2-5-15-6-3-12/h2,8-10,15H,3-7H2,1H3,(H,17,18). The zero-order valence-electron chi connectivity index (χ0n) is 10.7. The Bertz CT molecular complexity index is 454. The van der Waals surface area contributed by atoms with Crippen molar-refractivity contribution in [1.82, 2.24) is 15.6 Å². The number of aromatic nitrogens is 1. The maximum Gasteiger partial charge on any atom is 0.252 e. The second-order valence-corrected chi connectivity index (χ2v) is 4.57. The Balaban J connectivity index is 1.79. The Morgan fingerprint density at radius 3 is 3.11 bits per heavy atom. The molecule has 96 valence electrons. The summed E-state index contributed by atoms with van der Waals surface area (Å²) >= 11 is 0. The first-order valence-corrected chi connectivity index (χ1v) is 6.34. The minimum absolute atomic E-state index is 0.0410. The normalized spacial score (nSPS) is 15.1. The van der Waals surface area contributed by atoms with Crippen molar-refractivity contribution in [2.24, 2.45) is 0 Å². The summed E-state index contributed by atoms with van der Waals surface area (Å²) in [4.78, 5) is 15.9. The van der Waals surface area contributed by atoms with Gasteiger partial charge in [-0.15, -0.1) is 0 Å². The number of aryl methyl sites for hydroxylation is 1. The lowest BCUT2D eigenvalue weighted by molar-refractivity contribution is 0.0953. The molecule has 4 nitrogen and oxygen atoms in total.